The summed E-state index contributed by atoms with van der Waals surface area (Å²) >= 11 is 0. The van der Waals surface area contributed by atoms with E-state index >= 15 is 0 Å². The van der Waals surface area contributed by atoms with Crippen molar-refractivity contribution >= 4 is 26.8 Å². The molecule has 0 spiro atoms. The molecule has 3 heterocycles. The number of benzene rings is 2. The van der Waals surface area contributed by atoms with Gasteiger partial charge >= 0.3 is 22.5 Å². The van der Waals surface area contributed by atoms with Crippen molar-refractivity contribution in [3.05, 3.63) is 75.3 Å². The quantitative estimate of drug-likeness (QED) is 0.134. The third-order valence-electron chi connectivity index (χ3n) is 6.44. The summed E-state index contributed by atoms with van der Waals surface area (Å²) in [6, 6.07) is 11.5. The van der Waals surface area contributed by atoms with Crippen LogP contribution in [0.1, 0.15) is 35.2 Å². The number of rotatable bonds is 9. The first kappa shape index (κ1) is 27.1. The number of likely N-dealkylation sites (tertiary alicyclic amines) is 1. The Kier molecular flexibility index (Phi) is 7.71. The zero-order valence-electron chi connectivity index (χ0n) is 21.1. The Bertz CT molecular complexity index is 1690. The lowest BCUT2D eigenvalue weighted by Crippen LogP contribution is -2.31. The fourth-order valence-corrected chi connectivity index (χ4v) is 5.75. The Morgan fingerprint density at radius 1 is 1.10 bits per heavy atom. The molecule has 0 unspecified atom stereocenters. The number of piperidine rings is 1. The lowest BCUT2D eigenvalue weighted by molar-refractivity contribution is -0.832. The monoisotopic (exact) mass is 571 g/mol. The number of sulfone groups is 1. The van der Waals surface area contributed by atoms with Crippen molar-refractivity contribution in [2.75, 3.05) is 26.3 Å². The molecule has 0 bridgehead atoms. The number of hydrogen-bond acceptors (Lipinski definition) is 12. The molecule has 1 N–H and O–H groups in total. The van der Waals surface area contributed by atoms with Gasteiger partial charge in [-0.05, 0) is 61.2 Å². The number of phenols is 1. The van der Waals surface area contributed by atoms with Gasteiger partial charge in [-0.2, -0.15) is 0 Å². The molecule has 4 aromatic rings. The number of aromatic hydroxyl groups is 1. The molecule has 2 aromatic carbocycles. The maximum atomic E-state index is 12.8. The van der Waals surface area contributed by atoms with E-state index in [2.05, 4.69) is 14.7 Å². The van der Waals surface area contributed by atoms with E-state index in [9.17, 15) is 28.3 Å². The highest BCUT2D eigenvalue weighted by Gasteiger charge is 2.35. The van der Waals surface area contributed by atoms with Crippen LogP contribution in [0.25, 0.3) is 11.0 Å². The summed E-state index contributed by atoms with van der Waals surface area (Å²) in [4.78, 5) is 27.0. The van der Waals surface area contributed by atoms with E-state index in [1.54, 1.807) is 6.07 Å². The van der Waals surface area contributed by atoms with Crippen molar-refractivity contribution in [1.82, 2.24) is 10.1 Å². The molecule has 1 saturated heterocycles. The third kappa shape index (κ3) is 5.49. The molecule has 40 heavy (non-hydrogen) atoms. The smallest absolute Gasteiger partial charge is 0.415 e. The number of phenolic OH excluding ortho intramolecular Hbond substituents is 1. The van der Waals surface area contributed by atoms with Gasteiger partial charge in [-0.15, -0.1) is 0 Å². The van der Waals surface area contributed by atoms with Crippen LogP contribution in [0.2, 0.25) is 0 Å². The minimum atomic E-state index is -4.31. The normalized spacial score (nSPS) is 14.3. The van der Waals surface area contributed by atoms with E-state index in [1.807, 2.05) is 0 Å². The molecule has 0 aliphatic carbocycles. The molecule has 14 heteroatoms. The van der Waals surface area contributed by atoms with Crippen LogP contribution in [0.5, 0.6) is 11.6 Å². The Labute approximate surface area is 227 Å². The van der Waals surface area contributed by atoms with Crippen LogP contribution in [-0.2, 0) is 21.1 Å². The second-order valence-corrected chi connectivity index (χ2v) is 11.0. The number of nitrogens with zero attached hydrogens (tertiary/aromatic N) is 3. The van der Waals surface area contributed by atoms with E-state index in [-0.39, 0.29) is 26.7 Å². The zero-order valence-corrected chi connectivity index (χ0v) is 22.0. The molecular weight excluding hydrogens is 546 g/mol. The zero-order chi connectivity index (χ0) is 28.3. The van der Waals surface area contributed by atoms with Crippen molar-refractivity contribution in [2.24, 2.45) is 0 Å². The fourth-order valence-electron chi connectivity index (χ4n) is 4.46. The van der Waals surface area contributed by atoms with Gasteiger partial charge in [0, 0.05) is 11.9 Å². The topological polar surface area (TPSA) is 176 Å². The Morgan fingerprint density at radius 2 is 1.85 bits per heavy atom. The molecule has 13 nitrogen and oxygen atoms in total. The number of carbonyl (C=O) groups is 1. The summed E-state index contributed by atoms with van der Waals surface area (Å²) in [6.07, 6.45) is 3.24. The SMILES string of the molecule is O=C(OCCOc1no[n+]([O-])c1S(=O)(=O)c1ccccc1)c1cc2ccc(O)c(CN3CCCCC3)c2oc1=O. The minimum absolute atomic E-state index is 0.00500. The number of carbonyl (C=O) groups excluding carboxylic acids is 1. The number of aromatic nitrogens is 2. The molecule has 0 amide bonds. The highest BCUT2D eigenvalue weighted by molar-refractivity contribution is 7.91. The average molecular weight is 572 g/mol. The van der Waals surface area contributed by atoms with Gasteiger partial charge in [-0.25, -0.2) is 18.0 Å². The number of ether oxygens (including phenoxy) is 2. The van der Waals surface area contributed by atoms with Crippen LogP contribution in [0, 0.1) is 5.21 Å². The Morgan fingerprint density at radius 3 is 2.60 bits per heavy atom. The van der Waals surface area contributed by atoms with Crippen LogP contribution in [0.4, 0.5) is 0 Å². The number of hydrogen-bond donors (Lipinski definition) is 1. The highest BCUT2D eigenvalue weighted by Crippen LogP contribution is 2.29. The van der Waals surface area contributed by atoms with E-state index < -0.39 is 45.6 Å². The molecule has 1 fully saturated rings. The van der Waals surface area contributed by atoms with Gasteiger partial charge in [0.05, 0.1) is 15.6 Å². The average Bonchev–Trinajstić information content (AvgIpc) is 3.34. The first-order valence-electron chi connectivity index (χ1n) is 12.5. The maximum absolute atomic E-state index is 12.8. The third-order valence-corrected chi connectivity index (χ3v) is 8.17. The van der Waals surface area contributed by atoms with Crippen molar-refractivity contribution in [1.29, 1.82) is 0 Å². The number of esters is 1. The molecule has 1 aliphatic heterocycles. The summed E-state index contributed by atoms with van der Waals surface area (Å²) < 4.78 is 45.8. The van der Waals surface area contributed by atoms with Gasteiger partial charge in [0.2, 0.25) is 0 Å². The van der Waals surface area contributed by atoms with E-state index in [0.717, 1.165) is 32.4 Å². The molecule has 5 rings (SSSR count). The molecule has 0 saturated carbocycles. The summed E-state index contributed by atoms with van der Waals surface area (Å²) in [5, 5.41) is 25.3. The lowest BCUT2D eigenvalue weighted by atomic mass is 10.1. The lowest BCUT2D eigenvalue weighted by Gasteiger charge is -2.26. The van der Waals surface area contributed by atoms with E-state index in [1.165, 1.54) is 42.5 Å². The maximum Gasteiger partial charge on any atom is 0.415 e. The number of fused-ring (bicyclic) bond motifs is 1. The molecule has 0 radical (unpaired) electrons. The minimum Gasteiger partial charge on any atom is -0.507 e. The van der Waals surface area contributed by atoms with Crippen molar-refractivity contribution in [3.63, 3.8) is 0 Å². The van der Waals surface area contributed by atoms with Gasteiger partial charge in [-0.1, -0.05) is 24.6 Å². The van der Waals surface area contributed by atoms with Gasteiger partial charge in [0.15, 0.2) is 0 Å². The first-order chi connectivity index (χ1) is 19.3. The van der Waals surface area contributed by atoms with Crippen LogP contribution in [0.15, 0.2) is 72.3 Å². The van der Waals surface area contributed by atoms with Crippen molar-refractivity contribution in [2.45, 2.75) is 35.7 Å². The van der Waals surface area contributed by atoms with Gasteiger partial charge in [-0.3, -0.25) is 9.53 Å². The van der Waals surface area contributed by atoms with Crippen LogP contribution in [0.3, 0.4) is 0 Å². The predicted molar refractivity (Wildman–Crippen MR) is 136 cm³/mol. The van der Waals surface area contributed by atoms with Crippen LogP contribution >= 0.6 is 0 Å². The largest absolute Gasteiger partial charge is 0.507 e. The summed E-state index contributed by atoms with van der Waals surface area (Å²) in [7, 11) is -4.31. The molecule has 210 valence electrons. The standard InChI is InChI=1S/C26H25N3O10S/c30-21-10-9-17-15-19(26(32)38-22(17)20(21)16-28-11-5-2-6-12-28)25(31)37-14-13-36-23-24(29(33)39-27-23)40(34,35)18-7-3-1-4-8-18/h1,3-4,7-10,15,30H,2,5-6,11-14,16H2. The second kappa shape index (κ2) is 11.4. The molecule has 0 atom stereocenters. The molecule has 2 aromatic heterocycles. The van der Waals surface area contributed by atoms with Crippen LogP contribution < -0.4 is 15.3 Å². The first-order valence-corrected chi connectivity index (χ1v) is 13.9. The second-order valence-electron chi connectivity index (χ2n) is 9.11. The highest BCUT2D eigenvalue weighted by atomic mass is 32.2. The Balaban J connectivity index is 1.26. The Hall–Kier alpha value is -4.43. The van der Waals surface area contributed by atoms with Crippen LogP contribution in [-0.4, -0.2) is 55.9 Å². The van der Waals surface area contributed by atoms with Crippen molar-refractivity contribution in [3.8, 4) is 11.6 Å². The van der Waals surface area contributed by atoms with Crippen molar-refractivity contribution < 1.29 is 41.7 Å². The van der Waals surface area contributed by atoms with Gasteiger partial charge in [0.25, 0.3) is 9.84 Å². The summed E-state index contributed by atoms with van der Waals surface area (Å²) in [6.45, 7) is 1.33. The van der Waals surface area contributed by atoms with E-state index in [0.29, 0.717) is 17.5 Å². The van der Waals surface area contributed by atoms with Gasteiger partial charge in [0.1, 0.15) is 30.1 Å². The molecule has 1 aliphatic rings. The predicted octanol–water partition coefficient (Wildman–Crippen LogP) is 2.17. The summed E-state index contributed by atoms with van der Waals surface area (Å²) in [5.41, 5.74) is -0.647. The molecular formula is C26H25N3O10S. The van der Waals surface area contributed by atoms with E-state index in [4.69, 9.17) is 13.9 Å². The summed E-state index contributed by atoms with van der Waals surface area (Å²) in [5.74, 6) is -1.61. The van der Waals surface area contributed by atoms with Gasteiger partial charge < -0.3 is 24.2 Å². The fraction of sp³-hybridized carbons (Fsp3) is 0.308.